The number of nitrogens with one attached hydrogen (secondary N) is 1. The highest BCUT2D eigenvalue weighted by Crippen LogP contribution is 2.30. The molecule has 2 aromatic heterocycles. The molecule has 2 heterocycles. The lowest BCUT2D eigenvalue weighted by Crippen LogP contribution is -2.00. The fourth-order valence-electron chi connectivity index (χ4n) is 2.61. The summed E-state index contributed by atoms with van der Waals surface area (Å²) >= 11 is 6.31. The number of benzene rings is 2. The number of fused-ring (bicyclic) bond motifs is 3. The summed E-state index contributed by atoms with van der Waals surface area (Å²) in [7, 11) is 1.84. The molecule has 0 bridgehead atoms. The largest absolute Gasteiger partial charge is 0.372 e. The predicted molar refractivity (Wildman–Crippen MR) is 88.3 cm³/mol. The number of aromatic nitrogens is 4. The minimum absolute atomic E-state index is 0.540. The lowest BCUT2D eigenvalue weighted by Gasteiger charge is -2.09. The Morgan fingerprint density at radius 2 is 1.77 bits per heavy atom. The van der Waals surface area contributed by atoms with E-state index in [1.54, 1.807) is 0 Å². The van der Waals surface area contributed by atoms with Crippen LogP contribution >= 0.6 is 11.6 Å². The predicted octanol–water partition coefficient (Wildman–Crippen LogP) is 3.64. The van der Waals surface area contributed by atoms with Crippen LogP contribution in [0.5, 0.6) is 0 Å². The van der Waals surface area contributed by atoms with Crippen molar-refractivity contribution in [2.24, 2.45) is 0 Å². The molecule has 4 rings (SSSR count). The molecule has 6 heteroatoms. The van der Waals surface area contributed by atoms with Crippen LogP contribution in [0.1, 0.15) is 0 Å². The maximum Gasteiger partial charge on any atom is 0.257 e. The number of rotatable bonds is 2. The Morgan fingerprint density at radius 3 is 2.59 bits per heavy atom. The average Bonchev–Trinajstić information content (AvgIpc) is 2.98. The number of hydrogen-bond acceptors (Lipinski definition) is 4. The maximum absolute atomic E-state index is 6.31. The van der Waals surface area contributed by atoms with E-state index >= 15 is 0 Å². The van der Waals surface area contributed by atoms with Gasteiger partial charge in [-0.1, -0.05) is 35.9 Å². The highest BCUT2D eigenvalue weighted by Gasteiger charge is 2.16. The Morgan fingerprint density at radius 1 is 1.00 bits per heavy atom. The highest BCUT2D eigenvalue weighted by atomic mass is 35.5. The Balaban J connectivity index is 2.15. The minimum Gasteiger partial charge on any atom is -0.372 e. The van der Waals surface area contributed by atoms with Crippen LogP contribution in [0.2, 0.25) is 5.02 Å². The van der Waals surface area contributed by atoms with E-state index in [9.17, 15) is 0 Å². The second-order valence-corrected chi connectivity index (χ2v) is 5.27. The van der Waals surface area contributed by atoms with Crippen LogP contribution in [-0.4, -0.2) is 26.6 Å². The molecule has 0 saturated carbocycles. The molecule has 0 unspecified atom stereocenters. The first-order chi connectivity index (χ1) is 10.8. The number of nitrogens with zero attached hydrogens (tertiary/aromatic N) is 4. The molecule has 0 aliphatic heterocycles. The Kier molecular flexibility index (Phi) is 2.94. The molecule has 0 radical (unpaired) electrons. The van der Waals surface area contributed by atoms with Crippen LogP contribution in [0.3, 0.4) is 0 Å². The molecule has 108 valence electrons. The standard InChI is InChI=1S/C16H12ClN5/c1-18-14-11-7-3-5-9-13(11)22-15(20-21-16(22)19-14)10-6-2-4-8-12(10)17/h2-9H,1H3,(H,18,19,21). The van der Waals surface area contributed by atoms with Crippen molar-refractivity contribution in [2.75, 3.05) is 12.4 Å². The van der Waals surface area contributed by atoms with Gasteiger partial charge in [-0.2, -0.15) is 4.98 Å². The zero-order valence-corrected chi connectivity index (χ0v) is 12.5. The maximum atomic E-state index is 6.31. The van der Waals surface area contributed by atoms with Crippen molar-refractivity contribution in [2.45, 2.75) is 0 Å². The van der Waals surface area contributed by atoms with Crippen LogP contribution in [0, 0.1) is 0 Å². The van der Waals surface area contributed by atoms with Gasteiger partial charge in [0.2, 0.25) is 0 Å². The first kappa shape index (κ1) is 13.0. The van der Waals surface area contributed by atoms with Gasteiger partial charge in [0, 0.05) is 18.0 Å². The zero-order chi connectivity index (χ0) is 15.1. The van der Waals surface area contributed by atoms with Crippen LogP contribution in [0.4, 0.5) is 5.82 Å². The van der Waals surface area contributed by atoms with Crippen molar-refractivity contribution in [1.29, 1.82) is 0 Å². The molecule has 0 saturated heterocycles. The van der Waals surface area contributed by atoms with E-state index in [0.717, 1.165) is 22.3 Å². The van der Waals surface area contributed by atoms with Crippen molar-refractivity contribution < 1.29 is 0 Å². The first-order valence-electron chi connectivity index (χ1n) is 6.86. The minimum atomic E-state index is 0.540. The van der Waals surface area contributed by atoms with E-state index in [2.05, 4.69) is 20.5 Å². The van der Waals surface area contributed by atoms with Crippen molar-refractivity contribution in [3.05, 3.63) is 53.6 Å². The average molecular weight is 310 g/mol. The molecule has 0 amide bonds. The van der Waals surface area contributed by atoms with E-state index in [4.69, 9.17) is 11.6 Å². The molecular formula is C16H12ClN5. The summed E-state index contributed by atoms with van der Waals surface area (Å²) in [5.74, 6) is 2.01. The van der Waals surface area contributed by atoms with Gasteiger partial charge in [-0.15, -0.1) is 10.2 Å². The second kappa shape index (κ2) is 4.96. The monoisotopic (exact) mass is 309 g/mol. The van der Waals surface area contributed by atoms with Crippen LogP contribution < -0.4 is 5.32 Å². The number of hydrogen-bond donors (Lipinski definition) is 1. The Labute approximate surface area is 131 Å². The number of halogens is 1. The summed E-state index contributed by atoms with van der Waals surface area (Å²) in [6.07, 6.45) is 0. The van der Waals surface area contributed by atoms with E-state index in [1.807, 2.05) is 60.0 Å². The summed E-state index contributed by atoms with van der Waals surface area (Å²) in [5, 5.41) is 13.2. The molecule has 0 fully saturated rings. The molecule has 0 spiro atoms. The van der Waals surface area contributed by atoms with Gasteiger partial charge in [0.25, 0.3) is 5.78 Å². The first-order valence-corrected chi connectivity index (χ1v) is 7.24. The van der Waals surface area contributed by atoms with Gasteiger partial charge in [-0.25, -0.2) is 0 Å². The molecule has 0 aliphatic rings. The molecule has 4 aromatic rings. The van der Waals surface area contributed by atoms with Crippen molar-refractivity contribution in [3.63, 3.8) is 0 Å². The SMILES string of the molecule is CNc1nc2nnc(-c3ccccc3Cl)n2c2ccccc12. The normalized spacial score (nSPS) is 11.2. The lowest BCUT2D eigenvalue weighted by molar-refractivity contribution is 1.10. The van der Waals surface area contributed by atoms with Gasteiger partial charge in [0.05, 0.1) is 10.5 Å². The zero-order valence-electron chi connectivity index (χ0n) is 11.8. The van der Waals surface area contributed by atoms with Gasteiger partial charge < -0.3 is 5.32 Å². The van der Waals surface area contributed by atoms with E-state index < -0.39 is 0 Å². The van der Waals surface area contributed by atoms with Crippen LogP contribution in [0.25, 0.3) is 28.1 Å². The van der Waals surface area contributed by atoms with Crippen molar-refractivity contribution in [1.82, 2.24) is 19.6 Å². The van der Waals surface area contributed by atoms with Crippen molar-refractivity contribution in [3.8, 4) is 11.4 Å². The number of para-hydroxylation sites is 1. The van der Waals surface area contributed by atoms with E-state index in [0.29, 0.717) is 16.6 Å². The van der Waals surface area contributed by atoms with Gasteiger partial charge in [-0.3, -0.25) is 4.40 Å². The molecule has 22 heavy (non-hydrogen) atoms. The fraction of sp³-hybridized carbons (Fsp3) is 0.0625. The van der Waals surface area contributed by atoms with Gasteiger partial charge in [0.15, 0.2) is 5.82 Å². The third kappa shape index (κ3) is 1.83. The summed E-state index contributed by atoms with van der Waals surface area (Å²) in [6, 6.07) is 15.6. The molecule has 1 N–H and O–H groups in total. The Bertz CT molecular complexity index is 992. The van der Waals surface area contributed by atoms with Gasteiger partial charge in [-0.05, 0) is 24.3 Å². The molecule has 0 aliphatic carbocycles. The molecular weight excluding hydrogens is 298 g/mol. The quantitative estimate of drug-likeness (QED) is 0.614. The summed E-state index contributed by atoms with van der Waals surface area (Å²) in [6.45, 7) is 0. The summed E-state index contributed by atoms with van der Waals surface area (Å²) in [4.78, 5) is 4.53. The third-order valence-corrected chi connectivity index (χ3v) is 3.94. The summed E-state index contributed by atoms with van der Waals surface area (Å²) in [5.41, 5.74) is 1.82. The lowest BCUT2D eigenvalue weighted by atomic mass is 10.2. The number of anilines is 1. The third-order valence-electron chi connectivity index (χ3n) is 3.61. The van der Waals surface area contributed by atoms with Crippen molar-refractivity contribution >= 4 is 34.1 Å². The smallest absolute Gasteiger partial charge is 0.257 e. The molecule has 2 aromatic carbocycles. The van der Waals surface area contributed by atoms with Gasteiger partial charge >= 0.3 is 0 Å². The van der Waals surface area contributed by atoms with Gasteiger partial charge in [0.1, 0.15) is 5.82 Å². The van der Waals surface area contributed by atoms with Crippen LogP contribution in [0.15, 0.2) is 48.5 Å². The molecule has 0 atom stereocenters. The second-order valence-electron chi connectivity index (χ2n) is 4.87. The van der Waals surface area contributed by atoms with Crippen LogP contribution in [-0.2, 0) is 0 Å². The summed E-state index contributed by atoms with van der Waals surface area (Å²) < 4.78 is 1.93. The highest BCUT2D eigenvalue weighted by molar-refractivity contribution is 6.33. The van der Waals surface area contributed by atoms with E-state index in [1.165, 1.54) is 0 Å². The molecule has 5 nitrogen and oxygen atoms in total. The van der Waals surface area contributed by atoms with E-state index in [-0.39, 0.29) is 0 Å². The fourth-order valence-corrected chi connectivity index (χ4v) is 2.83. The topological polar surface area (TPSA) is 55.1 Å². The Hall–Kier alpha value is -2.66.